The molecule has 4 unspecified atom stereocenters. The van der Waals surface area contributed by atoms with Crippen molar-refractivity contribution in [2.24, 2.45) is 17.8 Å². The van der Waals surface area contributed by atoms with Crippen LogP contribution in [0.1, 0.15) is 60.3 Å². The molecular weight excluding hydrogens is 232 g/mol. The van der Waals surface area contributed by atoms with Crippen molar-refractivity contribution in [2.75, 3.05) is 13.1 Å². The van der Waals surface area contributed by atoms with Gasteiger partial charge in [0, 0.05) is 31.2 Å². The van der Waals surface area contributed by atoms with Gasteiger partial charge in [0.15, 0.2) is 0 Å². The molecule has 1 heterocycles. The standard InChI is InChI=1S/C17H34N2/c1-12(2)15-8-6-7-9-16(15)19-11-14(5)18-10-17(19)13(3)4/h12-18H,6-11H2,1-5H3. The van der Waals surface area contributed by atoms with Gasteiger partial charge < -0.3 is 5.32 Å². The Kier molecular flexibility index (Phi) is 5.30. The first-order valence-electron chi connectivity index (χ1n) is 8.49. The molecule has 1 aliphatic heterocycles. The summed E-state index contributed by atoms with van der Waals surface area (Å²) in [7, 11) is 0. The predicted octanol–water partition coefficient (Wildman–Crippen LogP) is 3.52. The zero-order valence-electron chi connectivity index (χ0n) is 13.7. The van der Waals surface area contributed by atoms with E-state index in [1.807, 2.05) is 0 Å². The Morgan fingerprint density at radius 3 is 2.32 bits per heavy atom. The average molecular weight is 266 g/mol. The summed E-state index contributed by atoms with van der Waals surface area (Å²) in [5.41, 5.74) is 0. The lowest BCUT2D eigenvalue weighted by atomic mass is 9.76. The van der Waals surface area contributed by atoms with E-state index in [2.05, 4.69) is 44.8 Å². The summed E-state index contributed by atoms with van der Waals surface area (Å²) in [6.45, 7) is 14.4. The Morgan fingerprint density at radius 1 is 1.00 bits per heavy atom. The van der Waals surface area contributed by atoms with Crippen LogP contribution >= 0.6 is 0 Å². The lowest BCUT2D eigenvalue weighted by molar-refractivity contribution is 0.00220. The fraction of sp³-hybridized carbons (Fsp3) is 1.00. The van der Waals surface area contributed by atoms with Crippen molar-refractivity contribution in [1.82, 2.24) is 10.2 Å². The molecule has 1 saturated heterocycles. The Morgan fingerprint density at radius 2 is 1.68 bits per heavy atom. The molecule has 2 fully saturated rings. The molecule has 1 aliphatic carbocycles. The topological polar surface area (TPSA) is 15.3 Å². The third-order valence-electron chi connectivity index (χ3n) is 5.42. The largest absolute Gasteiger partial charge is 0.311 e. The van der Waals surface area contributed by atoms with Crippen LogP contribution in [-0.4, -0.2) is 36.1 Å². The minimum atomic E-state index is 0.657. The summed E-state index contributed by atoms with van der Waals surface area (Å²) in [5.74, 6) is 2.51. The third kappa shape index (κ3) is 3.52. The third-order valence-corrected chi connectivity index (χ3v) is 5.42. The highest BCUT2D eigenvalue weighted by Crippen LogP contribution is 2.36. The van der Waals surface area contributed by atoms with Crippen molar-refractivity contribution >= 4 is 0 Å². The molecule has 4 atom stereocenters. The molecule has 19 heavy (non-hydrogen) atoms. The first-order valence-corrected chi connectivity index (χ1v) is 8.49. The number of hydrogen-bond donors (Lipinski definition) is 1. The van der Waals surface area contributed by atoms with Crippen molar-refractivity contribution in [2.45, 2.75) is 78.4 Å². The van der Waals surface area contributed by atoms with Crippen LogP contribution in [-0.2, 0) is 0 Å². The minimum Gasteiger partial charge on any atom is -0.311 e. The molecule has 2 heteroatoms. The summed E-state index contributed by atoms with van der Waals surface area (Å²) in [6.07, 6.45) is 5.77. The second kappa shape index (κ2) is 6.58. The second-order valence-electron chi connectivity index (χ2n) is 7.58. The smallest absolute Gasteiger partial charge is 0.0247 e. The van der Waals surface area contributed by atoms with Gasteiger partial charge in [-0.15, -0.1) is 0 Å². The Balaban J connectivity index is 2.14. The van der Waals surface area contributed by atoms with Gasteiger partial charge in [-0.2, -0.15) is 0 Å². The summed E-state index contributed by atoms with van der Waals surface area (Å²) >= 11 is 0. The van der Waals surface area contributed by atoms with Crippen molar-refractivity contribution in [3.05, 3.63) is 0 Å². The molecule has 0 aromatic heterocycles. The lowest BCUT2D eigenvalue weighted by Crippen LogP contribution is -2.62. The highest BCUT2D eigenvalue weighted by molar-refractivity contribution is 4.94. The van der Waals surface area contributed by atoms with Crippen molar-refractivity contribution in [1.29, 1.82) is 0 Å². The van der Waals surface area contributed by atoms with Crippen LogP contribution in [0.25, 0.3) is 0 Å². The summed E-state index contributed by atoms with van der Waals surface area (Å²) in [6, 6.07) is 2.23. The molecule has 0 aromatic carbocycles. The van der Waals surface area contributed by atoms with E-state index in [0.29, 0.717) is 6.04 Å². The summed E-state index contributed by atoms with van der Waals surface area (Å²) < 4.78 is 0. The van der Waals surface area contributed by atoms with Gasteiger partial charge in [-0.3, -0.25) is 4.90 Å². The molecule has 2 rings (SSSR count). The van der Waals surface area contributed by atoms with E-state index in [1.165, 1.54) is 38.8 Å². The second-order valence-corrected chi connectivity index (χ2v) is 7.58. The highest BCUT2D eigenvalue weighted by atomic mass is 15.3. The SMILES string of the molecule is CC1CN(C2CCCCC2C(C)C)C(C(C)C)CN1. The van der Waals surface area contributed by atoms with Crippen molar-refractivity contribution < 1.29 is 0 Å². The molecule has 1 N–H and O–H groups in total. The van der Waals surface area contributed by atoms with E-state index in [4.69, 9.17) is 0 Å². The van der Waals surface area contributed by atoms with Gasteiger partial charge in [-0.25, -0.2) is 0 Å². The van der Waals surface area contributed by atoms with Crippen LogP contribution in [0.5, 0.6) is 0 Å². The highest BCUT2D eigenvalue weighted by Gasteiger charge is 2.38. The maximum atomic E-state index is 3.68. The molecule has 0 amide bonds. The van der Waals surface area contributed by atoms with Crippen molar-refractivity contribution in [3.63, 3.8) is 0 Å². The molecule has 0 bridgehead atoms. The van der Waals surface area contributed by atoms with Gasteiger partial charge in [0.2, 0.25) is 0 Å². The zero-order chi connectivity index (χ0) is 14.0. The van der Waals surface area contributed by atoms with Gasteiger partial charge in [-0.1, -0.05) is 40.5 Å². The molecular formula is C17H34N2. The van der Waals surface area contributed by atoms with Gasteiger partial charge in [-0.05, 0) is 37.5 Å². The number of piperazine rings is 1. The van der Waals surface area contributed by atoms with E-state index in [1.54, 1.807) is 0 Å². The first-order chi connectivity index (χ1) is 9.00. The summed E-state index contributed by atoms with van der Waals surface area (Å²) in [4.78, 5) is 2.88. The van der Waals surface area contributed by atoms with E-state index >= 15 is 0 Å². The average Bonchev–Trinajstić information content (AvgIpc) is 2.38. The Hall–Kier alpha value is -0.0800. The van der Waals surface area contributed by atoms with Gasteiger partial charge in [0.25, 0.3) is 0 Å². The van der Waals surface area contributed by atoms with Crippen LogP contribution in [0.3, 0.4) is 0 Å². The normalized spacial score (nSPS) is 38.1. The number of nitrogens with zero attached hydrogens (tertiary/aromatic N) is 1. The van der Waals surface area contributed by atoms with Gasteiger partial charge in [0.1, 0.15) is 0 Å². The first kappa shape index (κ1) is 15.3. The van der Waals surface area contributed by atoms with E-state index in [9.17, 15) is 0 Å². The quantitative estimate of drug-likeness (QED) is 0.841. The van der Waals surface area contributed by atoms with Crippen LogP contribution in [0.4, 0.5) is 0 Å². The fourth-order valence-electron chi connectivity index (χ4n) is 4.28. The van der Waals surface area contributed by atoms with Crippen LogP contribution in [0, 0.1) is 17.8 Å². The molecule has 0 aromatic rings. The van der Waals surface area contributed by atoms with Gasteiger partial charge in [0.05, 0.1) is 0 Å². The van der Waals surface area contributed by atoms with E-state index in [0.717, 1.165) is 29.8 Å². The number of hydrogen-bond acceptors (Lipinski definition) is 2. The van der Waals surface area contributed by atoms with Gasteiger partial charge >= 0.3 is 0 Å². The number of nitrogens with one attached hydrogen (secondary N) is 1. The van der Waals surface area contributed by atoms with E-state index < -0.39 is 0 Å². The number of rotatable bonds is 3. The molecule has 112 valence electrons. The van der Waals surface area contributed by atoms with Crippen molar-refractivity contribution in [3.8, 4) is 0 Å². The maximum Gasteiger partial charge on any atom is 0.0247 e. The minimum absolute atomic E-state index is 0.657. The molecule has 2 aliphatic rings. The molecule has 0 radical (unpaired) electrons. The lowest BCUT2D eigenvalue weighted by Gasteiger charge is -2.50. The molecule has 0 spiro atoms. The monoisotopic (exact) mass is 266 g/mol. The van der Waals surface area contributed by atoms with Crippen LogP contribution < -0.4 is 5.32 Å². The van der Waals surface area contributed by atoms with E-state index in [-0.39, 0.29) is 0 Å². The summed E-state index contributed by atoms with van der Waals surface area (Å²) in [5, 5.41) is 3.68. The molecule has 1 saturated carbocycles. The maximum absolute atomic E-state index is 3.68. The van der Waals surface area contributed by atoms with Crippen LogP contribution in [0.15, 0.2) is 0 Å². The zero-order valence-corrected chi connectivity index (χ0v) is 13.7. The fourth-order valence-corrected chi connectivity index (χ4v) is 4.28. The predicted molar refractivity (Wildman–Crippen MR) is 83.4 cm³/mol. The van der Waals surface area contributed by atoms with Crippen LogP contribution in [0.2, 0.25) is 0 Å². The molecule has 2 nitrogen and oxygen atoms in total. The Labute approximate surface area is 120 Å². The Bertz CT molecular complexity index is 274.